The summed E-state index contributed by atoms with van der Waals surface area (Å²) in [6.45, 7) is 2.01. The monoisotopic (exact) mass is 427 g/mol. The molecule has 0 saturated heterocycles. The van der Waals surface area contributed by atoms with E-state index in [2.05, 4.69) is 11.1 Å². The van der Waals surface area contributed by atoms with Gasteiger partial charge in [0.05, 0.1) is 11.2 Å². The van der Waals surface area contributed by atoms with Crippen molar-refractivity contribution in [1.29, 1.82) is 0 Å². The van der Waals surface area contributed by atoms with Crippen molar-refractivity contribution in [3.63, 3.8) is 0 Å². The maximum Gasteiger partial charge on any atom is 0.331 e. The Morgan fingerprint density at radius 2 is 1.61 bits per heavy atom. The lowest BCUT2D eigenvalue weighted by atomic mass is 10.1. The van der Waals surface area contributed by atoms with Gasteiger partial charge in [-0.05, 0) is 67.1 Å². The van der Waals surface area contributed by atoms with Crippen molar-refractivity contribution >= 4 is 34.7 Å². The van der Waals surface area contributed by atoms with Crippen LogP contribution in [0.2, 0.25) is 0 Å². The van der Waals surface area contributed by atoms with Crippen LogP contribution >= 0.6 is 11.8 Å². The number of carboxylic acids is 1. The van der Waals surface area contributed by atoms with Crippen molar-refractivity contribution in [2.75, 3.05) is 0 Å². The summed E-state index contributed by atoms with van der Waals surface area (Å²) in [5, 5.41) is 10.1. The van der Waals surface area contributed by atoms with Crippen LogP contribution in [0.25, 0.3) is 17.0 Å². The zero-order chi connectivity index (χ0) is 21.6. The summed E-state index contributed by atoms with van der Waals surface area (Å²) >= 11 is 1.64. The van der Waals surface area contributed by atoms with Crippen LogP contribution in [0.5, 0.6) is 5.75 Å². The highest BCUT2D eigenvalue weighted by Crippen LogP contribution is 2.29. The predicted octanol–water partition coefficient (Wildman–Crippen LogP) is 6.45. The fourth-order valence-electron chi connectivity index (χ4n) is 3.03. The summed E-state index contributed by atoms with van der Waals surface area (Å²) in [5.74, 6) is -0.110. The van der Waals surface area contributed by atoms with Crippen molar-refractivity contribution in [3.8, 4) is 5.75 Å². The molecule has 4 nitrogen and oxygen atoms in total. The molecule has 4 aromatic rings. The van der Waals surface area contributed by atoms with E-state index in [-0.39, 0.29) is 0 Å². The third kappa shape index (κ3) is 5.53. The molecule has 0 saturated carbocycles. The maximum absolute atomic E-state index is 10.9. The molecular weight excluding hydrogens is 406 g/mol. The number of hydrogen-bond acceptors (Lipinski definition) is 4. The van der Waals surface area contributed by atoms with Crippen LogP contribution in [0, 0.1) is 0 Å². The van der Waals surface area contributed by atoms with Crippen molar-refractivity contribution in [1.82, 2.24) is 4.98 Å². The van der Waals surface area contributed by atoms with E-state index < -0.39 is 5.97 Å². The number of aliphatic carboxylic acids is 1. The Labute approximate surface area is 185 Å². The number of hydrogen-bond donors (Lipinski definition) is 1. The first kappa shape index (κ1) is 20.7. The van der Waals surface area contributed by atoms with E-state index in [1.54, 1.807) is 24.8 Å². The quantitative estimate of drug-likeness (QED) is 0.343. The molecule has 1 N–H and O–H groups in total. The second-order valence-corrected chi connectivity index (χ2v) is 8.21. The predicted molar refractivity (Wildman–Crippen MR) is 124 cm³/mol. The van der Waals surface area contributed by atoms with Gasteiger partial charge in [0, 0.05) is 20.8 Å². The Morgan fingerprint density at radius 3 is 2.32 bits per heavy atom. The van der Waals surface area contributed by atoms with Gasteiger partial charge in [-0.25, -0.2) is 9.78 Å². The Kier molecular flexibility index (Phi) is 6.34. The van der Waals surface area contributed by atoms with Crippen LogP contribution < -0.4 is 4.74 Å². The Bertz CT molecular complexity index is 1230. The largest absolute Gasteiger partial charge is 0.487 e. The van der Waals surface area contributed by atoms with E-state index in [9.17, 15) is 4.79 Å². The van der Waals surface area contributed by atoms with Crippen LogP contribution in [-0.4, -0.2) is 16.1 Å². The summed E-state index contributed by atoms with van der Waals surface area (Å²) in [5.41, 5.74) is 3.05. The number of aromatic nitrogens is 1. The van der Waals surface area contributed by atoms with Gasteiger partial charge in [-0.1, -0.05) is 48.2 Å². The highest BCUT2D eigenvalue weighted by molar-refractivity contribution is 7.99. The lowest BCUT2D eigenvalue weighted by Crippen LogP contribution is -1.98. The molecule has 0 radical (unpaired) electrons. The lowest BCUT2D eigenvalue weighted by molar-refractivity contribution is -0.132. The Hall–Kier alpha value is -3.57. The highest BCUT2D eigenvalue weighted by Gasteiger charge is 2.03. The summed E-state index contributed by atoms with van der Waals surface area (Å²) in [6, 6.07) is 27.9. The molecule has 0 unspecified atom stereocenters. The SMILES string of the molecule is C/C(=C\c1ccc(Sc2ccc(OCc3ccc4ccccc4n3)cc2)cc1)C(=O)O. The number of rotatable bonds is 7. The van der Waals surface area contributed by atoms with Gasteiger partial charge in [-0.15, -0.1) is 0 Å². The van der Waals surface area contributed by atoms with Crippen molar-refractivity contribution in [2.24, 2.45) is 0 Å². The van der Waals surface area contributed by atoms with Gasteiger partial charge in [0.15, 0.2) is 0 Å². The first-order valence-electron chi connectivity index (χ1n) is 9.84. The van der Waals surface area contributed by atoms with E-state index in [1.807, 2.05) is 78.9 Å². The van der Waals surface area contributed by atoms with Crippen LogP contribution in [-0.2, 0) is 11.4 Å². The van der Waals surface area contributed by atoms with Crippen molar-refractivity contribution < 1.29 is 14.6 Å². The van der Waals surface area contributed by atoms with E-state index in [4.69, 9.17) is 9.84 Å². The third-order valence-electron chi connectivity index (χ3n) is 4.70. The van der Waals surface area contributed by atoms with Gasteiger partial charge < -0.3 is 9.84 Å². The van der Waals surface area contributed by atoms with E-state index in [0.717, 1.165) is 37.7 Å². The van der Waals surface area contributed by atoms with Crippen LogP contribution in [0.15, 0.2) is 100 Å². The molecule has 5 heteroatoms. The van der Waals surface area contributed by atoms with Crippen molar-refractivity contribution in [3.05, 3.63) is 102 Å². The molecule has 0 fully saturated rings. The molecule has 0 aliphatic carbocycles. The van der Waals surface area contributed by atoms with Gasteiger partial charge in [0.2, 0.25) is 0 Å². The molecule has 0 amide bonds. The standard InChI is InChI=1S/C26H21NO3S/c1-18(26(28)29)16-19-6-12-23(13-7-19)31-24-14-10-22(11-15-24)30-17-21-9-8-20-4-2-3-5-25(20)27-21/h2-16H,17H2,1H3,(H,28,29)/b18-16+. The van der Waals surface area contributed by atoms with Crippen LogP contribution in [0.1, 0.15) is 18.2 Å². The minimum atomic E-state index is -0.905. The molecule has 4 rings (SSSR count). The first-order chi connectivity index (χ1) is 15.1. The minimum Gasteiger partial charge on any atom is -0.487 e. The molecule has 0 aliphatic rings. The van der Waals surface area contributed by atoms with Crippen LogP contribution in [0.4, 0.5) is 0 Å². The summed E-state index contributed by atoms with van der Waals surface area (Å²) in [7, 11) is 0. The lowest BCUT2D eigenvalue weighted by Gasteiger charge is -2.08. The maximum atomic E-state index is 10.9. The number of nitrogens with zero attached hydrogens (tertiary/aromatic N) is 1. The second kappa shape index (κ2) is 9.49. The number of benzene rings is 3. The van der Waals surface area contributed by atoms with Gasteiger partial charge in [0.25, 0.3) is 0 Å². The Balaban J connectivity index is 1.35. The van der Waals surface area contributed by atoms with Crippen molar-refractivity contribution in [2.45, 2.75) is 23.3 Å². The summed E-state index contributed by atoms with van der Waals surface area (Å²) in [4.78, 5) is 17.7. The molecule has 3 aromatic carbocycles. The fraction of sp³-hybridized carbons (Fsp3) is 0.0769. The molecular formula is C26H21NO3S. The average molecular weight is 428 g/mol. The number of carbonyl (C=O) groups is 1. The summed E-state index contributed by atoms with van der Waals surface area (Å²) < 4.78 is 5.89. The average Bonchev–Trinajstić information content (AvgIpc) is 2.79. The molecule has 0 bridgehead atoms. The molecule has 154 valence electrons. The number of pyridine rings is 1. The van der Waals surface area contributed by atoms with Gasteiger partial charge in [-0.2, -0.15) is 0 Å². The van der Waals surface area contributed by atoms with Gasteiger partial charge >= 0.3 is 5.97 Å². The van der Waals surface area contributed by atoms with E-state index in [0.29, 0.717) is 12.2 Å². The smallest absolute Gasteiger partial charge is 0.331 e. The Morgan fingerprint density at radius 1 is 0.935 bits per heavy atom. The van der Waals surface area contributed by atoms with Gasteiger partial charge in [-0.3, -0.25) is 0 Å². The molecule has 0 spiro atoms. The first-order valence-corrected chi connectivity index (χ1v) is 10.7. The fourth-order valence-corrected chi connectivity index (χ4v) is 3.85. The third-order valence-corrected chi connectivity index (χ3v) is 5.72. The van der Waals surface area contributed by atoms with Gasteiger partial charge in [0.1, 0.15) is 12.4 Å². The molecule has 31 heavy (non-hydrogen) atoms. The molecule has 0 atom stereocenters. The highest BCUT2D eigenvalue weighted by atomic mass is 32.2. The molecule has 0 aliphatic heterocycles. The number of fused-ring (bicyclic) bond motifs is 1. The number of para-hydroxylation sites is 1. The topological polar surface area (TPSA) is 59.4 Å². The normalized spacial score (nSPS) is 11.5. The molecule has 1 aromatic heterocycles. The zero-order valence-electron chi connectivity index (χ0n) is 17.0. The molecule has 1 heterocycles. The van der Waals surface area contributed by atoms with E-state index >= 15 is 0 Å². The second-order valence-electron chi connectivity index (χ2n) is 7.06. The minimum absolute atomic E-state index is 0.315. The number of carboxylic acid groups (broad SMARTS) is 1. The number of ether oxygens (including phenoxy) is 1. The zero-order valence-corrected chi connectivity index (χ0v) is 17.8. The van der Waals surface area contributed by atoms with E-state index in [1.165, 1.54) is 0 Å². The summed E-state index contributed by atoms with van der Waals surface area (Å²) in [6.07, 6.45) is 1.66. The van der Waals surface area contributed by atoms with Crippen LogP contribution in [0.3, 0.4) is 0 Å².